The van der Waals surface area contributed by atoms with Crippen molar-refractivity contribution in [3.05, 3.63) is 69.8 Å². The molecule has 2 aromatic carbocycles. The van der Waals surface area contributed by atoms with Gasteiger partial charge >= 0.3 is 0 Å². The van der Waals surface area contributed by atoms with Crippen molar-refractivity contribution in [2.45, 2.75) is 19.8 Å². The molecule has 0 aliphatic rings. The third kappa shape index (κ3) is 6.85. The van der Waals surface area contributed by atoms with E-state index in [0.29, 0.717) is 17.9 Å². The SMILES string of the molecule is CCCCOc1cccc(C(=O)NC(=S)NNC(=O)c2ccc([N+](=O)[O-])cc2)c1. The summed E-state index contributed by atoms with van der Waals surface area (Å²) in [6, 6.07) is 11.7. The van der Waals surface area contributed by atoms with Crippen LogP contribution in [-0.2, 0) is 0 Å². The number of nitro groups is 1. The molecule has 0 spiro atoms. The number of hydrogen-bond acceptors (Lipinski definition) is 6. The Kier molecular flexibility index (Phi) is 8.04. The molecule has 3 N–H and O–H groups in total. The lowest BCUT2D eigenvalue weighted by molar-refractivity contribution is -0.384. The second kappa shape index (κ2) is 10.7. The first-order valence-corrected chi connectivity index (χ1v) is 9.20. The number of benzene rings is 2. The number of non-ortho nitro benzene ring substituents is 1. The number of nitrogens with one attached hydrogen (secondary N) is 3. The summed E-state index contributed by atoms with van der Waals surface area (Å²) in [6.45, 7) is 2.62. The Bertz CT molecular complexity index is 902. The van der Waals surface area contributed by atoms with E-state index in [9.17, 15) is 19.7 Å². The summed E-state index contributed by atoms with van der Waals surface area (Å²) in [4.78, 5) is 34.4. The molecular weight excluding hydrogens is 396 g/mol. The van der Waals surface area contributed by atoms with Gasteiger partial charge in [0.15, 0.2) is 5.11 Å². The van der Waals surface area contributed by atoms with Gasteiger partial charge in [-0.25, -0.2) is 0 Å². The first kappa shape index (κ1) is 21.8. The van der Waals surface area contributed by atoms with Crippen LogP contribution in [0, 0.1) is 10.1 Å². The Morgan fingerprint density at radius 2 is 1.79 bits per heavy atom. The van der Waals surface area contributed by atoms with Crippen molar-refractivity contribution >= 4 is 34.8 Å². The molecule has 0 unspecified atom stereocenters. The lowest BCUT2D eigenvalue weighted by Gasteiger charge is -2.11. The van der Waals surface area contributed by atoms with Crippen LogP contribution >= 0.6 is 12.2 Å². The predicted molar refractivity (Wildman–Crippen MR) is 111 cm³/mol. The molecular formula is C19H20N4O5S. The standard InChI is InChI=1S/C19H20N4O5S/c1-2-3-11-28-16-6-4-5-14(12-16)17(24)20-19(29)22-21-18(25)13-7-9-15(10-8-13)23(26)27/h4-10,12H,2-3,11H2,1H3,(H,21,25)(H2,20,22,24,29). The van der Waals surface area contributed by atoms with E-state index in [1.54, 1.807) is 24.3 Å². The van der Waals surface area contributed by atoms with E-state index < -0.39 is 16.7 Å². The predicted octanol–water partition coefficient (Wildman–Crippen LogP) is 2.72. The highest BCUT2D eigenvalue weighted by Crippen LogP contribution is 2.14. The molecule has 0 radical (unpaired) electrons. The first-order valence-electron chi connectivity index (χ1n) is 8.79. The largest absolute Gasteiger partial charge is 0.494 e. The minimum atomic E-state index is -0.567. The van der Waals surface area contributed by atoms with Crippen LogP contribution < -0.4 is 20.9 Å². The Morgan fingerprint density at radius 1 is 1.07 bits per heavy atom. The van der Waals surface area contributed by atoms with E-state index in [1.807, 2.05) is 0 Å². The van der Waals surface area contributed by atoms with Crippen molar-refractivity contribution in [3.8, 4) is 5.75 Å². The summed E-state index contributed by atoms with van der Waals surface area (Å²) in [5.41, 5.74) is 5.13. The number of nitro benzene ring substituents is 1. The highest BCUT2D eigenvalue weighted by molar-refractivity contribution is 7.80. The summed E-state index contributed by atoms with van der Waals surface area (Å²) < 4.78 is 5.57. The molecule has 0 atom stereocenters. The van der Waals surface area contributed by atoms with E-state index in [-0.39, 0.29) is 16.4 Å². The van der Waals surface area contributed by atoms with Crippen LogP contribution in [0.1, 0.15) is 40.5 Å². The molecule has 0 aliphatic heterocycles. The van der Waals surface area contributed by atoms with Crippen molar-refractivity contribution in [2.24, 2.45) is 0 Å². The summed E-state index contributed by atoms with van der Waals surface area (Å²) in [5.74, 6) is -0.452. The second-order valence-corrected chi connectivity index (χ2v) is 6.30. The number of amides is 2. The monoisotopic (exact) mass is 416 g/mol. The quantitative estimate of drug-likeness (QED) is 0.274. The summed E-state index contributed by atoms with van der Waals surface area (Å²) in [6.07, 6.45) is 1.92. The van der Waals surface area contributed by atoms with Crippen molar-refractivity contribution in [1.29, 1.82) is 0 Å². The molecule has 9 nitrogen and oxygen atoms in total. The third-order valence-electron chi connectivity index (χ3n) is 3.72. The number of ether oxygens (including phenoxy) is 1. The first-order chi connectivity index (χ1) is 13.9. The van der Waals surface area contributed by atoms with Gasteiger partial charge in [-0.3, -0.25) is 35.9 Å². The molecule has 2 amide bonds. The lowest BCUT2D eigenvalue weighted by Crippen LogP contribution is -2.48. The van der Waals surface area contributed by atoms with Gasteiger partial charge in [0.2, 0.25) is 0 Å². The number of rotatable bonds is 7. The van der Waals surface area contributed by atoms with E-state index in [4.69, 9.17) is 17.0 Å². The fourth-order valence-corrected chi connectivity index (χ4v) is 2.33. The molecule has 10 heteroatoms. The number of hydrogen-bond donors (Lipinski definition) is 3. The van der Waals surface area contributed by atoms with Crippen molar-refractivity contribution in [3.63, 3.8) is 0 Å². The molecule has 0 saturated heterocycles. The van der Waals surface area contributed by atoms with Gasteiger partial charge < -0.3 is 4.74 Å². The average Bonchev–Trinajstić information content (AvgIpc) is 2.72. The van der Waals surface area contributed by atoms with E-state index in [1.165, 1.54) is 24.3 Å². The zero-order valence-electron chi connectivity index (χ0n) is 15.6. The van der Waals surface area contributed by atoms with Crippen LogP contribution in [0.25, 0.3) is 0 Å². The summed E-state index contributed by atoms with van der Waals surface area (Å²) in [5, 5.41) is 13.0. The number of hydrazine groups is 1. The smallest absolute Gasteiger partial charge is 0.269 e. The van der Waals surface area contributed by atoms with Gasteiger partial charge in [-0.1, -0.05) is 19.4 Å². The molecule has 2 aromatic rings. The fraction of sp³-hybridized carbons (Fsp3) is 0.211. The molecule has 0 fully saturated rings. The van der Waals surface area contributed by atoms with Crippen LogP contribution in [-0.4, -0.2) is 28.5 Å². The van der Waals surface area contributed by atoms with Crippen molar-refractivity contribution < 1.29 is 19.2 Å². The minimum Gasteiger partial charge on any atom is -0.494 e. The number of unbranched alkanes of at least 4 members (excludes halogenated alkanes) is 1. The van der Waals surface area contributed by atoms with Gasteiger partial charge in [0, 0.05) is 23.3 Å². The fourth-order valence-electron chi connectivity index (χ4n) is 2.19. The maximum atomic E-state index is 12.3. The normalized spacial score (nSPS) is 9.97. The number of carbonyl (C=O) groups is 2. The van der Waals surface area contributed by atoms with Gasteiger partial charge in [-0.15, -0.1) is 0 Å². The van der Waals surface area contributed by atoms with Gasteiger partial charge in [-0.05, 0) is 49.0 Å². The van der Waals surface area contributed by atoms with Gasteiger partial charge in [0.05, 0.1) is 11.5 Å². The summed E-state index contributed by atoms with van der Waals surface area (Å²) >= 11 is 4.99. The average molecular weight is 416 g/mol. The van der Waals surface area contributed by atoms with Crippen molar-refractivity contribution in [1.82, 2.24) is 16.2 Å². The Hall–Kier alpha value is -3.53. The number of nitrogens with zero attached hydrogens (tertiary/aromatic N) is 1. The van der Waals surface area contributed by atoms with Crippen molar-refractivity contribution in [2.75, 3.05) is 6.61 Å². The van der Waals surface area contributed by atoms with Gasteiger partial charge in [0.1, 0.15) is 5.75 Å². The molecule has 0 saturated carbocycles. The highest BCUT2D eigenvalue weighted by atomic mass is 32.1. The zero-order valence-corrected chi connectivity index (χ0v) is 16.5. The maximum absolute atomic E-state index is 12.3. The molecule has 0 aliphatic carbocycles. The van der Waals surface area contributed by atoms with Crippen LogP contribution in [0.2, 0.25) is 0 Å². The van der Waals surface area contributed by atoms with Crippen LogP contribution in [0.5, 0.6) is 5.75 Å². The molecule has 152 valence electrons. The third-order valence-corrected chi connectivity index (χ3v) is 3.92. The topological polar surface area (TPSA) is 123 Å². The van der Waals surface area contributed by atoms with Gasteiger partial charge in [-0.2, -0.15) is 0 Å². The van der Waals surface area contributed by atoms with Gasteiger partial charge in [0.25, 0.3) is 17.5 Å². The van der Waals surface area contributed by atoms with Crippen LogP contribution in [0.15, 0.2) is 48.5 Å². The second-order valence-electron chi connectivity index (χ2n) is 5.90. The Morgan fingerprint density at radius 3 is 2.45 bits per heavy atom. The summed E-state index contributed by atoms with van der Waals surface area (Å²) in [7, 11) is 0. The molecule has 2 rings (SSSR count). The highest BCUT2D eigenvalue weighted by Gasteiger charge is 2.12. The zero-order chi connectivity index (χ0) is 21.2. The van der Waals surface area contributed by atoms with Crippen LogP contribution in [0.3, 0.4) is 0 Å². The molecule has 29 heavy (non-hydrogen) atoms. The number of carbonyl (C=O) groups excluding carboxylic acids is 2. The Balaban J connectivity index is 1.85. The maximum Gasteiger partial charge on any atom is 0.269 e. The lowest BCUT2D eigenvalue weighted by atomic mass is 10.2. The molecule has 0 bridgehead atoms. The van der Waals surface area contributed by atoms with E-state index >= 15 is 0 Å². The minimum absolute atomic E-state index is 0.109. The number of thiocarbonyl (C=S) groups is 1. The molecule has 0 aromatic heterocycles. The Labute approximate surface area is 172 Å². The van der Waals surface area contributed by atoms with E-state index in [0.717, 1.165) is 12.8 Å². The van der Waals surface area contributed by atoms with Crippen LogP contribution in [0.4, 0.5) is 5.69 Å². The van der Waals surface area contributed by atoms with E-state index in [2.05, 4.69) is 23.1 Å². The molecule has 0 heterocycles.